The molecule has 0 radical (unpaired) electrons. The Balaban J connectivity index is 0.000000745. The summed E-state index contributed by atoms with van der Waals surface area (Å²) in [4.78, 5) is 68.6. The summed E-state index contributed by atoms with van der Waals surface area (Å²) < 4.78 is 26.5. The van der Waals surface area contributed by atoms with Crippen molar-refractivity contribution in [1.29, 1.82) is 0 Å². The Kier molecular flexibility index (Phi) is 19.7. The van der Waals surface area contributed by atoms with Crippen LogP contribution in [0.15, 0.2) is 150 Å². The molecule has 8 rings (SSSR count). The van der Waals surface area contributed by atoms with E-state index in [4.69, 9.17) is 24.7 Å². The monoisotopic (exact) mass is 1050 g/mol. The smallest absolute Gasteiger partial charge is 0.245 e. The van der Waals surface area contributed by atoms with Gasteiger partial charge in [0.05, 0.1) is 24.7 Å². The molecule has 2 saturated heterocycles. The van der Waals surface area contributed by atoms with Crippen LogP contribution in [0.2, 0.25) is 0 Å². The van der Waals surface area contributed by atoms with E-state index in [0.29, 0.717) is 24.9 Å². The van der Waals surface area contributed by atoms with E-state index in [-0.39, 0.29) is 25.2 Å². The standard InChI is InChI=1S/C50H62N6O10.C9H8S/c1-31(56-62)39(29-34-24-26-38(57)27-25-34)45(59)52-32(2)44(58)53-40(23-15-16-28-51)46(60)55-42(47(61)54-41-30-63-48-43(41)65-49(4,5)66-48)33(3)64-50(35-17-9-6-10-18-35,36-19-11-7-12-20-36)37-21-13-8-14-22-37;1-7-6-10-9-5-3-2-4-8(7)9/h6-14,17-22,24-27,31-33,39-43,48,57H,15-16,23,28-30,51H2,1-5H3,(H,52,59)(H,53,58)(H,54,61)(H,55,60);2-6H,1H3/t31?,32-,33?,39?,40?,41?,42?,43?,48?;/m1./s1. The van der Waals surface area contributed by atoms with Gasteiger partial charge in [-0.3, -0.25) is 19.2 Å². The number of carbonyl (C=O) groups excluding carboxylic acids is 4. The van der Waals surface area contributed by atoms with Crippen molar-refractivity contribution >= 4 is 45.1 Å². The van der Waals surface area contributed by atoms with Crippen LogP contribution in [0.25, 0.3) is 10.1 Å². The Labute approximate surface area is 448 Å². The Morgan fingerprint density at radius 3 is 1.93 bits per heavy atom. The number of benzene rings is 5. The number of nitrogens with one attached hydrogen (secondary N) is 4. The molecule has 8 unspecified atom stereocenters. The molecule has 1 aromatic heterocycles. The molecule has 2 aliphatic heterocycles. The molecule has 2 aliphatic rings. The second-order valence-electron chi connectivity index (χ2n) is 19.8. The predicted molar refractivity (Wildman–Crippen MR) is 293 cm³/mol. The first-order valence-electron chi connectivity index (χ1n) is 25.8. The van der Waals surface area contributed by atoms with Gasteiger partial charge >= 0.3 is 0 Å². The normalized spacial score (nSPS) is 19.1. The maximum Gasteiger partial charge on any atom is 0.245 e. The fraction of sp³-hybridized carbons (Fsp3) is 0.390. The molecule has 5 aromatic carbocycles. The van der Waals surface area contributed by atoms with Crippen molar-refractivity contribution < 1.29 is 43.2 Å². The van der Waals surface area contributed by atoms with Crippen molar-refractivity contribution in [2.24, 2.45) is 16.8 Å². The molecule has 17 heteroatoms. The van der Waals surface area contributed by atoms with Gasteiger partial charge in [0.25, 0.3) is 0 Å². The van der Waals surface area contributed by atoms with Gasteiger partial charge < -0.3 is 51.1 Å². The number of nitrogens with two attached hydrogens (primary N) is 1. The van der Waals surface area contributed by atoms with E-state index in [1.165, 1.54) is 41.6 Å². The van der Waals surface area contributed by atoms with E-state index in [9.17, 15) is 29.2 Å². The lowest BCUT2D eigenvalue weighted by Crippen LogP contribution is -2.61. The lowest BCUT2D eigenvalue weighted by atomic mass is 9.79. The Morgan fingerprint density at radius 2 is 1.36 bits per heavy atom. The largest absolute Gasteiger partial charge is 0.508 e. The number of unbranched alkanes of at least 4 members (excludes halogenated alkanes) is 1. The van der Waals surface area contributed by atoms with E-state index in [0.717, 1.165) is 16.7 Å². The number of nitroso groups, excluding NO2 is 1. The zero-order chi connectivity index (χ0) is 54.4. The number of aromatic hydroxyl groups is 1. The number of ether oxygens (including phenoxy) is 4. The maximum atomic E-state index is 14.8. The molecule has 9 atom stereocenters. The number of nitrogens with zero attached hydrogens (tertiary/aromatic N) is 1. The molecule has 0 bridgehead atoms. The van der Waals surface area contributed by atoms with Gasteiger partial charge in [-0.2, -0.15) is 4.91 Å². The third-order valence-corrected chi connectivity index (χ3v) is 14.8. The van der Waals surface area contributed by atoms with Crippen LogP contribution in [0.4, 0.5) is 0 Å². The van der Waals surface area contributed by atoms with Gasteiger partial charge in [0.1, 0.15) is 41.6 Å². The molecule has 0 saturated carbocycles. The number of fused-ring (bicyclic) bond motifs is 2. The topological polar surface area (TPSA) is 229 Å². The predicted octanol–water partition coefficient (Wildman–Crippen LogP) is 7.91. The van der Waals surface area contributed by atoms with Crippen LogP contribution in [0.3, 0.4) is 0 Å². The van der Waals surface area contributed by atoms with Crippen LogP contribution >= 0.6 is 11.3 Å². The number of hydrogen-bond donors (Lipinski definition) is 6. The Bertz CT molecular complexity index is 2760. The molecule has 0 spiro atoms. The number of amides is 4. The van der Waals surface area contributed by atoms with Crippen LogP contribution in [0.5, 0.6) is 5.75 Å². The number of rotatable bonds is 22. The molecule has 4 amide bonds. The second kappa shape index (κ2) is 26.3. The van der Waals surface area contributed by atoms with E-state index >= 15 is 0 Å². The van der Waals surface area contributed by atoms with Crippen molar-refractivity contribution in [3.63, 3.8) is 0 Å². The first-order valence-corrected chi connectivity index (χ1v) is 26.7. The van der Waals surface area contributed by atoms with Gasteiger partial charge in [0.2, 0.25) is 23.6 Å². The highest BCUT2D eigenvalue weighted by molar-refractivity contribution is 7.17. The molecule has 76 heavy (non-hydrogen) atoms. The minimum absolute atomic E-state index is 0.0460. The number of thiophene rings is 1. The first-order chi connectivity index (χ1) is 36.5. The number of hydrogen-bond acceptors (Lipinski definition) is 13. The summed E-state index contributed by atoms with van der Waals surface area (Å²) in [7, 11) is 0. The quantitative estimate of drug-likeness (QED) is 0.0217. The summed E-state index contributed by atoms with van der Waals surface area (Å²) in [6.45, 7) is 10.8. The summed E-state index contributed by atoms with van der Waals surface area (Å²) in [5.41, 5.74) is 8.95. The van der Waals surface area contributed by atoms with Crippen LogP contribution in [0.1, 0.15) is 81.7 Å². The van der Waals surface area contributed by atoms with Crippen molar-refractivity contribution in [2.75, 3.05) is 13.2 Å². The number of aryl methyl sites for hydroxylation is 1. The zero-order valence-corrected chi connectivity index (χ0v) is 44.7. The number of carbonyl (C=O) groups is 4. The maximum absolute atomic E-state index is 14.8. The summed E-state index contributed by atoms with van der Waals surface area (Å²) in [6, 6.07) is 38.3. The van der Waals surface area contributed by atoms with E-state index in [1.807, 2.05) is 102 Å². The van der Waals surface area contributed by atoms with Gasteiger partial charge in [0.15, 0.2) is 12.1 Å². The highest BCUT2D eigenvalue weighted by atomic mass is 32.1. The molecule has 0 aliphatic carbocycles. The highest BCUT2D eigenvalue weighted by Gasteiger charge is 2.52. The lowest BCUT2D eigenvalue weighted by molar-refractivity contribution is -0.195. The summed E-state index contributed by atoms with van der Waals surface area (Å²) in [6.07, 6.45) is -1.11. The molecule has 2 fully saturated rings. The minimum Gasteiger partial charge on any atom is -0.508 e. The molecule has 16 nitrogen and oxygen atoms in total. The Hall–Kier alpha value is -6.86. The molecule has 6 aromatic rings. The SMILES string of the molecule is CC(N=O)C(Cc1ccc(O)cc1)C(=O)N[C@H](C)C(=O)NC(CCCCN)C(=O)NC(C(=O)NC1COC2OC(C)(C)OC12)C(C)OC(c1ccccc1)(c1ccccc1)c1ccccc1.Cc1csc2ccccc12. The van der Waals surface area contributed by atoms with Crippen LogP contribution in [-0.2, 0) is 50.1 Å². The fourth-order valence-electron chi connectivity index (χ4n) is 9.56. The summed E-state index contributed by atoms with van der Waals surface area (Å²) >= 11 is 1.81. The summed E-state index contributed by atoms with van der Waals surface area (Å²) in [5.74, 6) is -4.38. The average Bonchev–Trinajstić information content (AvgIpc) is 4.11. The van der Waals surface area contributed by atoms with Crippen LogP contribution in [-0.4, -0.2) is 96.4 Å². The van der Waals surface area contributed by atoms with Crippen molar-refractivity contribution in [3.05, 3.63) is 178 Å². The van der Waals surface area contributed by atoms with Gasteiger partial charge in [-0.25, -0.2) is 0 Å². The minimum atomic E-state index is -1.36. The van der Waals surface area contributed by atoms with Gasteiger partial charge in [-0.15, -0.1) is 11.3 Å². The zero-order valence-electron chi connectivity index (χ0n) is 43.8. The summed E-state index contributed by atoms with van der Waals surface area (Å²) in [5, 5.41) is 27.9. The first kappa shape index (κ1) is 56.9. The van der Waals surface area contributed by atoms with Crippen LogP contribution in [0, 0.1) is 17.7 Å². The van der Waals surface area contributed by atoms with Crippen molar-refractivity contribution in [3.8, 4) is 5.75 Å². The molecule has 7 N–H and O–H groups in total. The van der Waals surface area contributed by atoms with E-state index in [1.54, 1.807) is 32.9 Å². The van der Waals surface area contributed by atoms with E-state index < -0.39 is 89.6 Å². The highest BCUT2D eigenvalue weighted by Crippen LogP contribution is 2.42. The van der Waals surface area contributed by atoms with Crippen molar-refractivity contribution in [2.45, 2.75) is 127 Å². The molecule has 402 valence electrons. The van der Waals surface area contributed by atoms with E-state index in [2.05, 4.69) is 63.0 Å². The second-order valence-corrected chi connectivity index (χ2v) is 20.7. The fourth-order valence-corrected chi connectivity index (χ4v) is 10.5. The van der Waals surface area contributed by atoms with Gasteiger partial charge in [-0.05, 0) is 131 Å². The molecular formula is C59H70N6O10S. The number of phenolic OH excluding ortho intramolecular Hbond substituents is 1. The Morgan fingerprint density at radius 1 is 0.763 bits per heavy atom. The average molecular weight is 1060 g/mol. The third-order valence-electron chi connectivity index (χ3n) is 13.7. The van der Waals surface area contributed by atoms with Gasteiger partial charge in [0, 0.05) is 4.70 Å². The molecular weight excluding hydrogens is 985 g/mol. The van der Waals surface area contributed by atoms with Gasteiger partial charge in [-0.1, -0.05) is 127 Å². The van der Waals surface area contributed by atoms with Crippen molar-refractivity contribution in [1.82, 2.24) is 21.3 Å². The lowest BCUT2D eigenvalue weighted by Gasteiger charge is -2.40. The van der Waals surface area contributed by atoms with Crippen LogP contribution < -0.4 is 27.0 Å². The number of phenols is 1. The third kappa shape index (κ3) is 14.1. The molecule has 3 heterocycles.